The molecular weight excluding hydrogens is 274 g/mol. The summed E-state index contributed by atoms with van der Waals surface area (Å²) in [6.07, 6.45) is 3.08. The zero-order valence-corrected chi connectivity index (χ0v) is 11.4. The number of carbonyl (C=O) groups excluding carboxylic acids is 1. The summed E-state index contributed by atoms with van der Waals surface area (Å²) < 4.78 is 26.7. The van der Waals surface area contributed by atoms with E-state index in [-0.39, 0.29) is 0 Å². The number of benzene rings is 2. The van der Waals surface area contributed by atoms with Crippen LogP contribution >= 0.6 is 0 Å². The second-order valence-corrected chi connectivity index (χ2v) is 4.44. The van der Waals surface area contributed by atoms with Crippen molar-refractivity contribution < 1.29 is 13.6 Å². The Bertz CT molecular complexity index is 646. The van der Waals surface area contributed by atoms with Gasteiger partial charge in [0.05, 0.1) is 0 Å². The third kappa shape index (κ3) is 4.14. The van der Waals surface area contributed by atoms with E-state index < -0.39 is 23.4 Å². The lowest BCUT2D eigenvalue weighted by Crippen LogP contribution is -2.24. The molecule has 21 heavy (non-hydrogen) atoms. The molecule has 2 amide bonds. The summed E-state index contributed by atoms with van der Waals surface area (Å²) in [5.74, 6) is -1.65. The summed E-state index contributed by atoms with van der Waals surface area (Å²) in [6.45, 7) is 1.97. The Morgan fingerprint density at radius 2 is 1.67 bits per heavy atom. The highest BCUT2D eigenvalue weighted by atomic mass is 19.1. The minimum absolute atomic E-state index is 0.473. The van der Waals surface area contributed by atoms with Crippen molar-refractivity contribution in [3.05, 3.63) is 71.4 Å². The second-order valence-electron chi connectivity index (χ2n) is 4.44. The zero-order chi connectivity index (χ0) is 15.2. The molecule has 0 heterocycles. The minimum atomic E-state index is -0.826. The van der Waals surface area contributed by atoms with Crippen LogP contribution in [0.3, 0.4) is 0 Å². The molecule has 3 nitrogen and oxygen atoms in total. The van der Waals surface area contributed by atoms with Gasteiger partial charge in [-0.15, -0.1) is 0 Å². The molecule has 0 radical (unpaired) electrons. The second kappa shape index (κ2) is 6.65. The molecule has 2 rings (SSSR count). The number of hydrogen-bond donors (Lipinski definition) is 2. The molecule has 2 aromatic carbocycles. The van der Waals surface area contributed by atoms with Crippen molar-refractivity contribution >= 4 is 17.8 Å². The summed E-state index contributed by atoms with van der Waals surface area (Å²) >= 11 is 0. The lowest BCUT2D eigenvalue weighted by atomic mass is 10.1. The molecule has 0 saturated carbocycles. The highest BCUT2D eigenvalue weighted by Crippen LogP contribution is 2.17. The molecule has 0 unspecified atom stereocenters. The normalized spacial score (nSPS) is 10.6. The van der Waals surface area contributed by atoms with Gasteiger partial charge in [-0.2, -0.15) is 0 Å². The zero-order valence-electron chi connectivity index (χ0n) is 11.4. The van der Waals surface area contributed by atoms with E-state index >= 15 is 0 Å². The summed E-state index contributed by atoms with van der Waals surface area (Å²) in [5.41, 5.74) is 1.56. The molecule has 0 saturated heterocycles. The first-order valence-electron chi connectivity index (χ1n) is 6.31. The molecule has 0 atom stereocenters. The van der Waals surface area contributed by atoms with E-state index in [0.29, 0.717) is 0 Å². The Kier molecular flexibility index (Phi) is 4.66. The van der Waals surface area contributed by atoms with E-state index in [1.807, 2.05) is 31.2 Å². The number of para-hydroxylation sites is 1. The van der Waals surface area contributed by atoms with Crippen LogP contribution in [-0.4, -0.2) is 6.03 Å². The third-order valence-corrected chi connectivity index (χ3v) is 2.77. The number of halogens is 2. The number of amides is 2. The molecule has 0 aliphatic rings. The first-order chi connectivity index (χ1) is 10.1. The van der Waals surface area contributed by atoms with Crippen LogP contribution < -0.4 is 10.6 Å². The van der Waals surface area contributed by atoms with Gasteiger partial charge in [0.15, 0.2) is 0 Å². The number of carbonyl (C=O) groups is 1. The van der Waals surface area contributed by atoms with E-state index in [0.717, 1.165) is 23.3 Å². The Morgan fingerprint density at radius 1 is 1.05 bits per heavy atom. The van der Waals surface area contributed by atoms with Gasteiger partial charge in [-0.25, -0.2) is 13.6 Å². The van der Waals surface area contributed by atoms with E-state index in [4.69, 9.17) is 0 Å². The molecule has 0 aliphatic heterocycles. The van der Waals surface area contributed by atoms with Crippen molar-refractivity contribution in [3.8, 4) is 0 Å². The van der Waals surface area contributed by atoms with Gasteiger partial charge in [0.1, 0.15) is 17.3 Å². The van der Waals surface area contributed by atoms with E-state index in [9.17, 15) is 13.6 Å². The number of anilines is 1. The van der Waals surface area contributed by atoms with E-state index in [1.54, 1.807) is 6.08 Å². The molecule has 108 valence electrons. The van der Waals surface area contributed by atoms with Crippen molar-refractivity contribution in [2.45, 2.75) is 6.92 Å². The maximum Gasteiger partial charge on any atom is 0.323 e. The smallest absolute Gasteiger partial charge is 0.314 e. The number of urea groups is 1. The molecule has 2 aromatic rings. The summed E-state index contributed by atoms with van der Waals surface area (Å²) in [5, 5.41) is 4.51. The molecule has 0 aliphatic carbocycles. The quantitative estimate of drug-likeness (QED) is 0.878. The van der Waals surface area contributed by atoms with Crippen molar-refractivity contribution in [2.75, 3.05) is 5.32 Å². The van der Waals surface area contributed by atoms with Crippen LogP contribution in [-0.2, 0) is 0 Å². The monoisotopic (exact) mass is 288 g/mol. The van der Waals surface area contributed by atoms with Gasteiger partial charge < -0.3 is 10.6 Å². The first kappa shape index (κ1) is 14.7. The summed E-state index contributed by atoms with van der Waals surface area (Å²) in [6, 6.07) is 10.3. The summed E-state index contributed by atoms with van der Waals surface area (Å²) in [4.78, 5) is 11.6. The van der Waals surface area contributed by atoms with Crippen LogP contribution in [0.4, 0.5) is 19.3 Å². The predicted octanol–water partition coefficient (Wildman–Crippen LogP) is 4.07. The average Bonchev–Trinajstić information content (AvgIpc) is 2.45. The van der Waals surface area contributed by atoms with E-state index in [1.165, 1.54) is 12.3 Å². The van der Waals surface area contributed by atoms with Crippen LogP contribution in [0.2, 0.25) is 0 Å². The highest BCUT2D eigenvalue weighted by Gasteiger charge is 2.10. The van der Waals surface area contributed by atoms with Gasteiger partial charge in [0.2, 0.25) is 0 Å². The highest BCUT2D eigenvalue weighted by molar-refractivity contribution is 5.90. The van der Waals surface area contributed by atoms with Crippen LogP contribution in [0, 0.1) is 18.6 Å². The fourth-order valence-corrected chi connectivity index (χ4v) is 1.66. The van der Waals surface area contributed by atoms with Gasteiger partial charge >= 0.3 is 6.03 Å². The van der Waals surface area contributed by atoms with Crippen molar-refractivity contribution in [1.29, 1.82) is 0 Å². The predicted molar refractivity (Wildman–Crippen MR) is 78.7 cm³/mol. The molecule has 2 N–H and O–H groups in total. The van der Waals surface area contributed by atoms with Gasteiger partial charge in [0.25, 0.3) is 0 Å². The largest absolute Gasteiger partial charge is 0.323 e. The van der Waals surface area contributed by atoms with Crippen molar-refractivity contribution in [2.24, 2.45) is 0 Å². The number of hydrogen-bond acceptors (Lipinski definition) is 1. The third-order valence-electron chi connectivity index (χ3n) is 2.77. The van der Waals surface area contributed by atoms with Crippen LogP contribution in [0.15, 0.2) is 48.7 Å². The van der Waals surface area contributed by atoms with Crippen molar-refractivity contribution in [3.63, 3.8) is 0 Å². The number of nitrogens with one attached hydrogen (secondary N) is 2. The van der Waals surface area contributed by atoms with Crippen LogP contribution in [0.1, 0.15) is 11.1 Å². The van der Waals surface area contributed by atoms with Gasteiger partial charge in [-0.05, 0) is 30.7 Å². The Hall–Kier alpha value is -2.69. The maximum atomic E-state index is 13.3. The first-order valence-corrected chi connectivity index (χ1v) is 6.31. The average molecular weight is 288 g/mol. The minimum Gasteiger partial charge on any atom is -0.314 e. The number of aryl methyl sites for hydroxylation is 1. The SMILES string of the molecule is Cc1ccc(/C=C/NC(=O)Nc2c(F)cccc2F)cc1. The fourth-order valence-electron chi connectivity index (χ4n) is 1.66. The van der Waals surface area contributed by atoms with Gasteiger partial charge in [-0.1, -0.05) is 35.9 Å². The molecule has 0 aromatic heterocycles. The van der Waals surface area contributed by atoms with E-state index in [2.05, 4.69) is 10.6 Å². The Balaban J connectivity index is 1.95. The molecule has 0 fully saturated rings. The molecule has 0 spiro atoms. The fraction of sp³-hybridized carbons (Fsp3) is 0.0625. The maximum absolute atomic E-state index is 13.3. The van der Waals surface area contributed by atoms with Gasteiger partial charge in [0, 0.05) is 6.20 Å². The lowest BCUT2D eigenvalue weighted by Gasteiger charge is -2.06. The molecular formula is C16H14F2N2O. The molecule has 5 heteroatoms. The van der Waals surface area contributed by atoms with Crippen molar-refractivity contribution in [1.82, 2.24) is 5.32 Å². The topological polar surface area (TPSA) is 41.1 Å². The van der Waals surface area contributed by atoms with Gasteiger partial charge in [-0.3, -0.25) is 0 Å². The van der Waals surface area contributed by atoms with Crippen LogP contribution in [0.25, 0.3) is 6.08 Å². The Morgan fingerprint density at radius 3 is 2.29 bits per heavy atom. The van der Waals surface area contributed by atoms with Crippen LogP contribution in [0.5, 0.6) is 0 Å². The summed E-state index contributed by atoms with van der Waals surface area (Å²) in [7, 11) is 0. The molecule has 0 bridgehead atoms. The Labute approximate surface area is 121 Å². The standard InChI is InChI=1S/C16H14F2N2O/c1-11-5-7-12(8-6-11)9-10-19-16(21)20-15-13(17)3-2-4-14(15)18/h2-10H,1H3,(H2,19,20,21)/b10-9+. The lowest BCUT2D eigenvalue weighted by molar-refractivity contribution is 0.255. The number of rotatable bonds is 3.